The van der Waals surface area contributed by atoms with Gasteiger partial charge in [0.15, 0.2) is 6.29 Å². The lowest BCUT2D eigenvalue weighted by atomic mass is 10.2. The van der Waals surface area contributed by atoms with Crippen molar-refractivity contribution in [1.82, 2.24) is 0 Å². The molecule has 270 valence electrons. The van der Waals surface area contributed by atoms with Crippen molar-refractivity contribution in [2.45, 2.75) is 40.0 Å². The number of hydrogen-bond donors (Lipinski definition) is 3. The molecular weight excluding hydrogens is 785 g/mol. The molecule has 0 aliphatic heterocycles. The second-order valence-electron chi connectivity index (χ2n) is 9.32. The van der Waals surface area contributed by atoms with Crippen molar-refractivity contribution in [1.29, 1.82) is 0 Å². The Morgan fingerprint density at radius 1 is 0.688 bits per heavy atom. The summed E-state index contributed by atoms with van der Waals surface area (Å²) in [6.07, 6.45) is 1.78. The number of sulfonamides is 2. The number of carbonyl (C=O) groups is 1. The summed E-state index contributed by atoms with van der Waals surface area (Å²) < 4.78 is 108. The van der Waals surface area contributed by atoms with Gasteiger partial charge in [-0.25, -0.2) is 38.4 Å². The maximum absolute atomic E-state index is 13.1. The average Bonchev–Trinajstić information content (AvgIpc) is 2.95. The number of carbonyl (C=O) groups excluding carboxylic acids is 1. The van der Waals surface area contributed by atoms with E-state index in [4.69, 9.17) is 51.2 Å². The molecule has 0 spiro atoms. The van der Waals surface area contributed by atoms with E-state index in [2.05, 4.69) is 9.44 Å². The van der Waals surface area contributed by atoms with Gasteiger partial charge in [-0.3, -0.25) is 14.2 Å². The second kappa shape index (κ2) is 21.6. The summed E-state index contributed by atoms with van der Waals surface area (Å²) in [7, 11) is -5.29. The van der Waals surface area contributed by atoms with Gasteiger partial charge in [0.1, 0.15) is 17.5 Å². The number of aldehydes is 1. The van der Waals surface area contributed by atoms with Gasteiger partial charge in [0, 0.05) is 10.7 Å². The zero-order valence-corrected chi connectivity index (χ0v) is 31.2. The largest absolute Gasteiger partial charge is 0.398 e. The van der Waals surface area contributed by atoms with Crippen LogP contribution in [0.2, 0.25) is 15.1 Å². The molecule has 3 rings (SSSR count). The van der Waals surface area contributed by atoms with E-state index in [1.807, 2.05) is 0 Å². The van der Waals surface area contributed by atoms with Gasteiger partial charge in [0.05, 0.1) is 55.0 Å². The fraction of sp³-hybridized carbons (Fsp3) is 0.321. The standard InChI is InChI=1S/C10H11ClFNO3S.C9H11ClFNO2S.C6H5ClFN.C3H7ClO2S/c1-2-5-17(15,16)13-9-4-3-8(12)7(6-14)10(9)11;1-2-5-15(13,14)12-9-4-3-7(11)6-8(9)10;7-5-3-4(8)1-2-6(5)9;1-2-3-7(4,5)6/h3-4,6,13H,2,5H2,1H3;3-4,6,12H,2,5H2,1H3;1-3H,9H2;2-3H2,1H3. The van der Waals surface area contributed by atoms with Crippen LogP contribution in [0.4, 0.5) is 30.2 Å². The zero-order chi connectivity index (χ0) is 37.3. The minimum Gasteiger partial charge on any atom is -0.398 e. The fourth-order valence-electron chi connectivity index (χ4n) is 3.05. The molecule has 0 saturated carbocycles. The lowest BCUT2D eigenvalue weighted by Crippen LogP contribution is -2.16. The van der Waals surface area contributed by atoms with E-state index in [9.17, 15) is 43.2 Å². The third-order valence-corrected chi connectivity index (χ3v) is 10.4. The van der Waals surface area contributed by atoms with Crippen molar-refractivity contribution in [3.8, 4) is 0 Å². The molecule has 0 fully saturated rings. The van der Waals surface area contributed by atoms with Crippen LogP contribution in [0.25, 0.3) is 0 Å². The first-order valence-electron chi connectivity index (χ1n) is 13.6. The summed E-state index contributed by atoms with van der Waals surface area (Å²) in [5, 5.41) is 0.0735. The molecule has 3 aromatic carbocycles. The lowest BCUT2D eigenvalue weighted by molar-refractivity contribution is 0.112. The average molecular weight is 820 g/mol. The van der Waals surface area contributed by atoms with E-state index >= 15 is 0 Å². The van der Waals surface area contributed by atoms with Crippen molar-refractivity contribution >= 4 is 97.9 Å². The van der Waals surface area contributed by atoms with Gasteiger partial charge in [0.2, 0.25) is 29.1 Å². The van der Waals surface area contributed by atoms with Crippen molar-refractivity contribution < 1.29 is 43.2 Å². The molecule has 0 aromatic heterocycles. The van der Waals surface area contributed by atoms with E-state index < -0.39 is 40.7 Å². The van der Waals surface area contributed by atoms with Crippen LogP contribution in [-0.4, -0.2) is 48.8 Å². The van der Waals surface area contributed by atoms with Gasteiger partial charge in [-0.05, 0) is 67.8 Å². The van der Waals surface area contributed by atoms with Gasteiger partial charge in [-0.1, -0.05) is 55.6 Å². The molecule has 0 aliphatic rings. The lowest BCUT2D eigenvalue weighted by Gasteiger charge is -2.10. The Hall–Kier alpha value is -2.47. The highest BCUT2D eigenvalue weighted by molar-refractivity contribution is 8.13. The molecule has 0 aliphatic carbocycles. The Labute approximate surface area is 298 Å². The van der Waals surface area contributed by atoms with Gasteiger partial charge in [0.25, 0.3) is 0 Å². The Balaban J connectivity index is 0.000000649. The minimum atomic E-state index is -3.52. The Bertz CT molecular complexity index is 1840. The molecule has 0 unspecified atom stereocenters. The van der Waals surface area contributed by atoms with E-state index in [0.717, 1.165) is 18.2 Å². The monoisotopic (exact) mass is 817 g/mol. The number of nitrogens with two attached hydrogens (primary N) is 1. The van der Waals surface area contributed by atoms with E-state index in [1.165, 1.54) is 30.3 Å². The Morgan fingerprint density at radius 2 is 1.12 bits per heavy atom. The molecule has 4 N–H and O–H groups in total. The van der Waals surface area contributed by atoms with Gasteiger partial charge >= 0.3 is 0 Å². The SMILES string of the molecule is CCCS(=O)(=O)Cl.CCCS(=O)(=O)Nc1ccc(F)c(C=O)c1Cl.CCCS(=O)(=O)Nc1ccc(F)cc1Cl.Nc1ccc(F)cc1Cl. The molecule has 0 saturated heterocycles. The van der Waals surface area contributed by atoms with Gasteiger partial charge < -0.3 is 5.73 Å². The van der Waals surface area contributed by atoms with Crippen LogP contribution in [0.3, 0.4) is 0 Å². The van der Waals surface area contributed by atoms with Crippen LogP contribution in [0.5, 0.6) is 0 Å². The third-order valence-electron chi connectivity index (χ3n) is 5.06. The quantitative estimate of drug-likeness (QED) is 0.0991. The Morgan fingerprint density at radius 3 is 1.50 bits per heavy atom. The van der Waals surface area contributed by atoms with Crippen molar-refractivity contribution in [2.75, 3.05) is 32.4 Å². The molecule has 20 heteroatoms. The van der Waals surface area contributed by atoms with Crippen LogP contribution >= 0.6 is 45.5 Å². The first-order valence-corrected chi connectivity index (χ1v) is 20.6. The molecule has 0 radical (unpaired) electrons. The van der Waals surface area contributed by atoms with Crippen LogP contribution < -0.4 is 15.2 Å². The summed E-state index contributed by atoms with van der Waals surface area (Å²) in [5.74, 6) is -1.64. The third kappa shape index (κ3) is 18.9. The number of rotatable bonds is 11. The number of halogens is 7. The Kier molecular flexibility index (Phi) is 20.5. The van der Waals surface area contributed by atoms with Crippen LogP contribution in [0, 0.1) is 17.5 Å². The maximum atomic E-state index is 13.1. The predicted molar refractivity (Wildman–Crippen MR) is 189 cm³/mol. The van der Waals surface area contributed by atoms with Gasteiger partial charge in [-0.2, -0.15) is 0 Å². The zero-order valence-electron chi connectivity index (χ0n) is 25.7. The summed E-state index contributed by atoms with van der Waals surface area (Å²) in [6, 6.07) is 9.54. The number of anilines is 3. The molecule has 48 heavy (non-hydrogen) atoms. The molecule has 0 amide bonds. The van der Waals surface area contributed by atoms with Crippen LogP contribution in [-0.2, 0) is 29.1 Å². The number of benzene rings is 3. The van der Waals surface area contributed by atoms with E-state index in [-0.39, 0.29) is 61.4 Å². The summed E-state index contributed by atoms with van der Waals surface area (Å²) in [4.78, 5) is 10.6. The number of nitrogen functional groups attached to an aromatic ring is 1. The maximum Gasteiger partial charge on any atom is 0.232 e. The highest BCUT2D eigenvalue weighted by Gasteiger charge is 2.16. The summed E-state index contributed by atoms with van der Waals surface area (Å²) in [5.41, 5.74) is 5.54. The second-order valence-corrected chi connectivity index (χ2v) is 17.1. The first kappa shape index (κ1) is 45.5. The fourth-order valence-corrected chi connectivity index (χ4v) is 7.03. The van der Waals surface area contributed by atoms with Gasteiger partial charge in [-0.15, -0.1) is 0 Å². The van der Waals surface area contributed by atoms with Crippen molar-refractivity contribution in [2.24, 2.45) is 0 Å². The minimum absolute atomic E-state index is 0.00335. The van der Waals surface area contributed by atoms with Crippen molar-refractivity contribution in [3.63, 3.8) is 0 Å². The predicted octanol–water partition coefficient (Wildman–Crippen LogP) is 8.10. The van der Waals surface area contributed by atoms with E-state index in [0.29, 0.717) is 24.9 Å². The molecule has 0 atom stereocenters. The molecule has 3 aromatic rings. The highest BCUT2D eigenvalue weighted by atomic mass is 35.7. The highest BCUT2D eigenvalue weighted by Crippen LogP contribution is 2.28. The number of hydrogen-bond acceptors (Lipinski definition) is 8. The topological polar surface area (TPSA) is 170 Å². The van der Waals surface area contributed by atoms with E-state index in [1.54, 1.807) is 20.8 Å². The normalized spacial score (nSPS) is 11.0. The molecule has 10 nitrogen and oxygen atoms in total. The molecule has 0 heterocycles. The van der Waals surface area contributed by atoms with Crippen LogP contribution in [0.15, 0.2) is 48.5 Å². The summed E-state index contributed by atoms with van der Waals surface area (Å²) in [6.45, 7) is 5.23. The smallest absolute Gasteiger partial charge is 0.232 e. The first-order chi connectivity index (χ1) is 22.1. The molecule has 0 bridgehead atoms. The molecular formula is C28H34Cl4F3N3O7S3. The van der Waals surface area contributed by atoms with Crippen LogP contribution in [0.1, 0.15) is 50.4 Å². The summed E-state index contributed by atoms with van der Waals surface area (Å²) >= 11 is 16.8. The number of nitrogens with one attached hydrogen (secondary N) is 2. The van der Waals surface area contributed by atoms with Crippen molar-refractivity contribution in [3.05, 3.63) is 86.6 Å².